The van der Waals surface area contributed by atoms with Crippen molar-refractivity contribution < 1.29 is 10.0 Å². The van der Waals surface area contributed by atoms with Crippen molar-refractivity contribution in [3.8, 4) is 5.69 Å². The van der Waals surface area contributed by atoms with E-state index in [1.807, 2.05) is 25.1 Å². The van der Waals surface area contributed by atoms with E-state index < -0.39 is 7.12 Å². The summed E-state index contributed by atoms with van der Waals surface area (Å²) in [5.41, 5.74) is 5.18. The molecule has 0 amide bonds. The summed E-state index contributed by atoms with van der Waals surface area (Å²) in [5, 5.41) is 19.8. The molecule has 4 heteroatoms. The van der Waals surface area contributed by atoms with Crippen LogP contribution < -0.4 is 5.46 Å². The van der Waals surface area contributed by atoms with E-state index in [0.717, 1.165) is 17.6 Å². The minimum absolute atomic E-state index is 0.497. The molecule has 0 atom stereocenters. The van der Waals surface area contributed by atoms with Crippen molar-refractivity contribution in [2.75, 3.05) is 0 Å². The molecular weight excluding hydrogens is 285 g/mol. The van der Waals surface area contributed by atoms with Crippen molar-refractivity contribution in [3.63, 3.8) is 0 Å². The molecule has 0 unspecified atom stereocenters. The molecule has 1 heterocycles. The highest BCUT2D eigenvalue weighted by atomic mass is 16.4. The molecule has 1 aromatic heterocycles. The van der Waals surface area contributed by atoms with Gasteiger partial charge in [0.1, 0.15) is 0 Å². The fourth-order valence-electron chi connectivity index (χ4n) is 3.11. The maximum absolute atomic E-state index is 9.27. The number of rotatable bonds is 4. The Morgan fingerprint density at radius 3 is 2.35 bits per heavy atom. The third kappa shape index (κ3) is 2.71. The predicted molar refractivity (Wildman–Crippen MR) is 97.2 cm³/mol. The van der Waals surface area contributed by atoms with Crippen LogP contribution in [-0.4, -0.2) is 21.7 Å². The Labute approximate surface area is 136 Å². The Balaban J connectivity index is 2.27. The largest absolute Gasteiger partial charge is 0.488 e. The number of hydrogen-bond donors (Lipinski definition) is 2. The highest BCUT2D eigenvalue weighted by molar-refractivity contribution is 6.58. The second-order valence-corrected chi connectivity index (χ2v) is 5.53. The van der Waals surface area contributed by atoms with Gasteiger partial charge in [-0.25, -0.2) is 0 Å². The van der Waals surface area contributed by atoms with Crippen LogP contribution in [0.1, 0.15) is 25.1 Å². The molecule has 3 nitrogen and oxygen atoms in total. The number of allylic oxidation sites excluding steroid dienone is 1. The first kappa shape index (κ1) is 15.6. The summed E-state index contributed by atoms with van der Waals surface area (Å²) in [4.78, 5) is 0. The second-order valence-electron chi connectivity index (χ2n) is 5.53. The molecular formula is C19H20BNO2. The zero-order valence-corrected chi connectivity index (χ0v) is 13.4. The summed E-state index contributed by atoms with van der Waals surface area (Å²) in [6, 6.07) is 15.7. The third-order valence-corrected chi connectivity index (χ3v) is 4.13. The predicted octanol–water partition coefficient (Wildman–Crippen LogP) is 2.91. The normalized spacial score (nSPS) is 11.5. The van der Waals surface area contributed by atoms with E-state index in [4.69, 9.17) is 0 Å². The average molecular weight is 305 g/mol. The molecule has 0 bridgehead atoms. The fraction of sp³-hybridized carbons (Fsp3) is 0.158. The van der Waals surface area contributed by atoms with Crippen LogP contribution in [0.15, 0.2) is 54.6 Å². The van der Waals surface area contributed by atoms with Crippen molar-refractivity contribution in [3.05, 3.63) is 65.9 Å². The summed E-state index contributed by atoms with van der Waals surface area (Å²) in [6.07, 6.45) is 5.14. The smallest absolute Gasteiger partial charge is 0.423 e. The first-order chi connectivity index (χ1) is 11.2. The van der Waals surface area contributed by atoms with Gasteiger partial charge in [0, 0.05) is 22.3 Å². The molecule has 0 radical (unpaired) electrons. The van der Waals surface area contributed by atoms with Gasteiger partial charge in [-0.1, -0.05) is 49.4 Å². The third-order valence-electron chi connectivity index (χ3n) is 4.13. The summed E-state index contributed by atoms with van der Waals surface area (Å²) in [5.74, 6) is 0. The lowest BCUT2D eigenvalue weighted by molar-refractivity contribution is 0.426. The van der Waals surface area contributed by atoms with Crippen LogP contribution >= 0.6 is 0 Å². The number of fused-ring (bicyclic) bond motifs is 1. The van der Waals surface area contributed by atoms with E-state index in [0.29, 0.717) is 5.46 Å². The molecule has 0 aliphatic carbocycles. The lowest BCUT2D eigenvalue weighted by Gasteiger charge is -2.11. The Morgan fingerprint density at radius 1 is 1.04 bits per heavy atom. The topological polar surface area (TPSA) is 45.4 Å². The molecule has 2 N–H and O–H groups in total. The summed E-state index contributed by atoms with van der Waals surface area (Å²) >= 11 is 0. The molecule has 0 fully saturated rings. The Morgan fingerprint density at radius 2 is 1.74 bits per heavy atom. The molecule has 0 aliphatic heterocycles. The molecule has 2 aromatic carbocycles. The summed E-state index contributed by atoms with van der Waals surface area (Å²) < 4.78 is 2.25. The van der Waals surface area contributed by atoms with Crippen LogP contribution in [-0.2, 0) is 6.42 Å². The molecule has 0 aliphatic rings. The van der Waals surface area contributed by atoms with Crippen molar-refractivity contribution in [1.82, 2.24) is 4.57 Å². The van der Waals surface area contributed by atoms with Crippen LogP contribution in [0.2, 0.25) is 0 Å². The van der Waals surface area contributed by atoms with Gasteiger partial charge in [-0.05, 0) is 37.0 Å². The van der Waals surface area contributed by atoms with Crippen molar-refractivity contribution in [2.45, 2.75) is 20.3 Å². The van der Waals surface area contributed by atoms with E-state index in [2.05, 4.69) is 41.8 Å². The van der Waals surface area contributed by atoms with Gasteiger partial charge in [0.05, 0.1) is 5.52 Å². The number of nitrogens with zero attached hydrogens (tertiary/aromatic N) is 1. The van der Waals surface area contributed by atoms with Crippen molar-refractivity contribution in [2.24, 2.45) is 0 Å². The molecule has 0 saturated heterocycles. The standard InChI is InChI=1S/C19H20BNO2/c1-3-7-16-17-8-5-6-9-19(17)21(18(16)4-2)15-12-10-14(11-13-15)20(22)23/h3,5-13,22-23H,4H2,1-2H3/b7-3-. The number of benzene rings is 2. The van der Waals surface area contributed by atoms with Crippen LogP contribution in [0.3, 0.4) is 0 Å². The zero-order chi connectivity index (χ0) is 16.4. The minimum atomic E-state index is -1.44. The van der Waals surface area contributed by atoms with Crippen LogP contribution in [0, 0.1) is 0 Å². The van der Waals surface area contributed by atoms with E-state index in [-0.39, 0.29) is 0 Å². The monoisotopic (exact) mass is 305 g/mol. The molecule has 116 valence electrons. The minimum Gasteiger partial charge on any atom is -0.423 e. The molecule has 0 spiro atoms. The molecule has 23 heavy (non-hydrogen) atoms. The Kier molecular flexibility index (Phi) is 4.37. The fourth-order valence-corrected chi connectivity index (χ4v) is 3.11. The summed E-state index contributed by atoms with van der Waals surface area (Å²) in [7, 11) is -1.44. The van der Waals surface area contributed by atoms with Gasteiger partial charge in [-0.15, -0.1) is 0 Å². The van der Waals surface area contributed by atoms with E-state index in [1.54, 1.807) is 12.1 Å². The van der Waals surface area contributed by atoms with Crippen LogP contribution in [0.5, 0.6) is 0 Å². The first-order valence-corrected chi connectivity index (χ1v) is 7.88. The lowest BCUT2D eigenvalue weighted by Crippen LogP contribution is -2.29. The van der Waals surface area contributed by atoms with E-state index in [9.17, 15) is 10.0 Å². The van der Waals surface area contributed by atoms with Gasteiger partial charge in [0.25, 0.3) is 0 Å². The molecule has 3 aromatic rings. The van der Waals surface area contributed by atoms with Gasteiger partial charge in [0.2, 0.25) is 0 Å². The van der Waals surface area contributed by atoms with E-state index >= 15 is 0 Å². The van der Waals surface area contributed by atoms with Gasteiger partial charge < -0.3 is 14.6 Å². The number of aromatic nitrogens is 1. The quantitative estimate of drug-likeness (QED) is 0.728. The maximum Gasteiger partial charge on any atom is 0.488 e. The van der Waals surface area contributed by atoms with Gasteiger partial charge in [-0.2, -0.15) is 0 Å². The van der Waals surface area contributed by atoms with Gasteiger partial charge >= 0.3 is 7.12 Å². The number of hydrogen-bond acceptors (Lipinski definition) is 2. The van der Waals surface area contributed by atoms with Crippen molar-refractivity contribution >= 4 is 29.6 Å². The maximum atomic E-state index is 9.27. The highest BCUT2D eigenvalue weighted by Crippen LogP contribution is 2.30. The van der Waals surface area contributed by atoms with Crippen molar-refractivity contribution in [1.29, 1.82) is 0 Å². The SMILES string of the molecule is C/C=C\c1c(CC)n(-c2ccc(B(O)O)cc2)c2ccccc12. The lowest BCUT2D eigenvalue weighted by atomic mass is 9.80. The van der Waals surface area contributed by atoms with E-state index in [1.165, 1.54) is 16.6 Å². The Hall–Kier alpha value is -2.30. The zero-order valence-electron chi connectivity index (χ0n) is 13.4. The van der Waals surface area contributed by atoms with Crippen LogP contribution in [0.25, 0.3) is 22.7 Å². The summed E-state index contributed by atoms with van der Waals surface area (Å²) in [6.45, 7) is 4.19. The van der Waals surface area contributed by atoms with Gasteiger partial charge in [-0.3, -0.25) is 0 Å². The Bertz CT molecular complexity index is 848. The first-order valence-electron chi connectivity index (χ1n) is 7.88. The highest BCUT2D eigenvalue weighted by Gasteiger charge is 2.16. The molecule has 0 saturated carbocycles. The number of para-hydroxylation sites is 1. The second kappa shape index (κ2) is 6.45. The molecule has 3 rings (SSSR count). The average Bonchev–Trinajstić information content (AvgIpc) is 2.89. The van der Waals surface area contributed by atoms with Crippen LogP contribution in [0.4, 0.5) is 0 Å². The van der Waals surface area contributed by atoms with Gasteiger partial charge in [0.15, 0.2) is 0 Å².